The van der Waals surface area contributed by atoms with Crippen molar-refractivity contribution in [3.63, 3.8) is 0 Å². The molecule has 6 nitrogen and oxygen atoms in total. The van der Waals surface area contributed by atoms with E-state index in [2.05, 4.69) is 36.1 Å². The number of H-pyrrole nitrogens is 2. The van der Waals surface area contributed by atoms with Gasteiger partial charge in [-0.2, -0.15) is 5.10 Å². The van der Waals surface area contributed by atoms with Gasteiger partial charge in [-0.3, -0.25) is 14.9 Å². The number of benzene rings is 2. The number of halogens is 3. The maximum atomic E-state index is 14.1. The first kappa shape index (κ1) is 16.8. The van der Waals surface area contributed by atoms with Gasteiger partial charge in [0.2, 0.25) is 0 Å². The highest BCUT2D eigenvalue weighted by molar-refractivity contribution is 9.10. The molecule has 0 aliphatic rings. The van der Waals surface area contributed by atoms with Crippen molar-refractivity contribution < 1.29 is 8.78 Å². The van der Waals surface area contributed by atoms with Gasteiger partial charge < -0.3 is 10.7 Å². The lowest BCUT2D eigenvalue weighted by Crippen LogP contribution is -2.14. The van der Waals surface area contributed by atoms with Crippen LogP contribution in [0.1, 0.15) is 0 Å². The standard InChI is InChI=1S/C19H10BrF2N5O/c20-12-4-9-14(8-1-2-13(22)18-11(8)6-25-27-18)15(23)19(28)26-16(9)10-3-7(21)5-24-17(10)12/h1-6H,23H2,(H,25,27)(H,26,28). The third kappa shape index (κ3) is 2.26. The lowest BCUT2D eigenvalue weighted by molar-refractivity contribution is 0.624. The van der Waals surface area contributed by atoms with Crippen LogP contribution in [0.15, 0.2) is 45.9 Å². The molecule has 0 saturated heterocycles. The van der Waals surface area contributed by atoms with Gasteiger partial charge in [-0.05, 0) is 39.7 Å². The van der Waals surface area contributed by atoms with Gasteiger partial charge in [-0.1, -0.05) is 6.07 Å². The SMILES string of the molecule is Nc1c(-c2ccc(F)c3[nH]ncc23)c2cc(Br)c3ncc(F)cc3c2[nH]c1=O. The zero-order valence-electron chi connectivity index (χ0n) is 14.0. The Morgan fingerprint density at radius 1 is 1.04 bits per heavy atom. The number of anilines is 1. The highest BCUT2D eigenvalue weighted by atomic mass is 79.9. The predicted molar refractivity (Wildman–Crippen MR) is 107 cm³/mol. The minimum Gasteiger partial charge on any atom is -0.394 e. The van der Waals surface area contributed by atoms with Crippen molar-refractivity contribution in [1.29, 1.82) is 0 Å². The zero-order valence-corrected chi connectivity index (χ0v) is 15.6. The number of rotatable bonds is 1. The van der Waals surface area contributed by atoms with Crippen molar-refractivity contribution >= 4 is 54.3 Å². The second kappa shape index (κ2) is 5.83. The van der Waals surface area contributed by atoms with Crippen LogP contribution in [0.3, 0.4) is 0 Å². The first-order valence-electron chi connectivity index (χ1n) is 8.17. The van der Waals surface area contributed by atoms with Gasteiger partial charge in [-0.25, -0.2) is 8.78 Å². The molecule has 0 spiro atoms. The van der Waals surface area contributed by atoms with E-state index in [9.17, 15) is 13.6 Å². The maximum absolute atomic E-state index is 14.1. The van der Waals surface area contributed by atoms with Gasteiger partial charge in [0.05, 0.1) is 23.4 Å². The number of fused-ring (bicyclic) bond motifs is 4. The van der Waals surface area contributed by atoms with Crippen LogP contribution in [0, 0.1) is 11.6 Å². The molecule has 2 aromatic carbocycles. The summed E-state index contributed by atoms with van der Waals surface area (Å²) in [4.78, 5) is 19.4. The molecular weight excluding hydrogens is 432 g/mol. The predicted octanol–water partition coefficient (Wildman–Crippen LogP) is 4.24. The fourth-order valence-electron chi connectivity index (χ4n) is 3.51. The van der Waals surface area contributed by atoms with E-state index in [1.54, 1.807) is 12.1 Å². The number of hydrogen-bond donors (Lipinski definition) is 3. The van der Waals surface area contributed by atoms with Crippen LogP contribution in [0.5, 0.6) is 0 Å². The number of nitrogens with zero attached hydrogens (tertiary/aromatic N) is 2. The zero-order chi connectivity index (χ0) is 19.6. The molecule has 28 heavy (non-hydrogen) atoms. The molecule has 0 saturated carbocycles. The lowest BCUT2D eigenvalue weighted by Gasteiger charge is -2.13. The first-order chi connectivity index (χ1) is 13.5. The molecule has 3 aromatic heterocycles. The highest BCUT2D eigenvalue weighted by Gasteiger charge is 2.19. The number of nitrogens with one attached hydrogen (secondary N) is 2. The van der Waals surface area contributed by atoms with Crippen LogP contribution in [-0.4, -0.2) is 20.2 Å². The fourth-order valence-corrected chi connectivity index (χ4v) is 4.06. The second-order valence-electron chi connectivity index (χ2n) is 6.33. The summed E-state index contributed by atoms with van der Waals surface area (Å²) in [6.07, 6.45) is 2.57. The Morgan fingerprint density at radius 2 is 1.86 bits per heavy atom. The lowest BCUT2D eigenvalue weighted by atomic mass is 9.95. The monoisotopic (exact) mass is 441 g/mol. The van der Waals surface area contributed by atoms with E-state index < -0.39 is 17.2 Å². The number of aromatic amines is 2. The Hall–Kier alpha value is -3.33. The normalized spacial score (nSPS) is 11.7. The molecule has 0 aliphatic heterocycles. The van der Waals surface area contributed by atoms with Gasteiger partial charge in [0.15, 0.2) is 0 Å². The molecule has 4 N–H and O–H groups in total. The maximum Gasteiger partial charge on any atom is 0.272 e. The van der Waals surface area contributed by atoms with Gasteiger partial charge in [0, 0.05) is 26.2 Å². The van der Waals surface area contributed by atoms with Crippen LogP contribution >= 0.6 is 15.9 Å². The molecule has 0 fully saturated rings. The Labute approximate surface area is 163 Å². The largest absolute Gasteiger partial charge is 0.394 e. The number of nitrogens with two attached hydrogens (primary N) is 1. The van der Waals surface area contributed by atoms with Crippen LogP contribution < -0.4 is 11.3 Å². The third-order valence-electron chi connectivity index (χ3n) is 4.75. The summed E-state index contributed by atoms with van der Waals surface area (Å²) < 4.78 is 28.6. The van der Waals surface area contributed by atoms with E-state index in [0.29, 0.717) is 42.8 Å². The van der Waals surface area contributed by atoms with E-state index in [-0.39, 0.29) is 11.2 Å². The van der Waals surface area contributed by atoms with Crippen LogP contribution in [0.25, 0.3) is 43.8 Å². The van der Waals surface area contributed by atoms with Crippen molar-refractivity contribution in [2.45, 2.75) is 0 Å². The van der Waals surface area contributed by atoms with E-state index in [4.69, 9.17) is 5.73 Å². The molecular formula is C19H10BrF2N5O. The van der Waals surface area contributed by atoms with Crippen molar-refractivity contribution in [3.05, 3.63) is 63.1 Å². The third-order valence-corrected chi connectivity index (χ3v) is 5.35. The average Bonchev–Trinajstić information content (AvgIpc) is 3.16. The summed E-state index contributed by atoms with van der Waals surface area (Å²) in [5.41, 5.74) is 7.61. The minimum absolute atomic E-state index is 0.0304. The summed E-state index contributed by atoms with van der Waals surface area (Å²) in [5.74, 6) is -1.01. The molecule has 5 aromatic rings. The molecule has 138 valence electrons. The van der Waals surface area contributed by atoms with Gasteiger partial charge in [0.25, 0.3) is 5.56 Å². The van der Waals surface area contributed by atoms with Gasteiger partial charge >= 0.3 is 0 Å². The van der Waals surface area contributed by atoms with E-state index >= 15 is 0 Å². The summed E-state index contributed by atoms with van der Waals surface area (Å²) in [6.45, 7) is 0. The molecule has 9 heteroatoms. The quantitative estimate of drug-likeness (QED) is 0.338. The van der Waals surface area contributed by atoms with E-state index in [0.717, 1.165) is 6.20 Å². The minimum atomic E-state index is -0.537. The van der Waals surface area contributed by atoms with Crippen molar-refractivity contribution in [2.24, 2.45) is 0 Å². The number of nitrogen functional groups attached to an aromatic ring is 1. The summed E-state index contributed by atoms with van der Waals surface area (Å²) in [6, 6.07) is 5.86. The Balaban J connectivity index is 2.03. The Kier molecular flexibility index (Phi) is 3.50. The first-order valence-corrected chi connectivity index (χ1v) is 8.96. The number of aromatic nitrogens is 4. The highest BCUT2D eigenvalue weighted by Crippen LogP contribution is 2.39. The molecule has 5 rings (SSSR count). The summed E-state index contributed by atoms with van der Waals surface area (Å²) >= 11 is 3.45. The molecule has 0 aliphatic carbocycles. The summed E-state index contributed by atoms with van der Waals surface area (Å²) in [5, 5.41) is 7.98. The fraction of sp³-hybridized carbons (Fsp3) is 0. The average molecular weight is 442 g/mol. The van der Waals surface area contributed by atoms with Crippen LogP contribution in [-0.2, 0) is 0 Å². The molecule has 0 radical (unpaired) electrons. The van der Waals surface area contributed by atoms with Gasteiger partial charge in [-0.15, -0.1) is 0 Å². The van der Waals surface area contributed by atoms with Crippen molar-refractivity contribution in [3.8, 4) is 11.1 Å². The Bertz CT molecular complexity index is 1490. The van der Waals surface area contributed by atoms with E-state index in [1.807, 2.05) is 0 Å². The molecule has 0 atom stereocenters. The molecule has 3 heterocycles. The van der Waals surface area contributed by atoms with Crippen molar-refractivity contribution in [2.75, 3.05) is 5.73 Å². The molecule has 0 bridgehead atoms. The molecule has 0 unspecified atom stereocenters. The van der Waals surface area contributed by atoms with E-state index in [1.165, 1.54) is 18.3 Å². The van der Waals surface area contributed by atoms with Crippen molar-refractivity contribution in [1.82, 2.24) is 20.2 Å². The summed E-state index contributed by atoms with van der Waals surface area (Å²) in [7, 11) is 0. The van der Waals surface area contributed by atoms with Crippen LogP contribution in [0.2, 0.25) is 0 Å². The topological polar surface area (TPSA) is 100 Å². The molecule has 0 amide bonds. The Morgan fingerprint density at radius 3 is 2.68 bits per heavy atom. The smallest absolute Gasteiger partial charge is 0.272 e. The van der Waals surface area contributed by atoms with Gasteiger partial charge in [0.1, 0.15) is 22.8 Å². The number of pyridine rings is 2. The van der Waals surface area contributed by atoms with Crippen LogP contribution in [0.4, 0.5) is 14.5 Å². The second-order valence-corrected chi connectivity index (χ2v) is 7.18. The number of hydrogen-bond acceptors (Lipinski definition) is 4.